The first kappa shape index (κ1) is 14.9. The first-order chi connectivity index (χ1) is 6.02. The van der Waals surface area contributed by atoms with Crippen molar-refractivity contribution in [3.63, 3.8) is 0 Å². The fraction of sp³-hybridized carbons (Fsp3) is 0.900. The molecule has 0 bridgehead atoms. The molecule has 80 valence electrons. The summed E-state index contributed by atoms with van der Waals surface area (Å²) >= 11 is 0. The van der Waals surface area contributed by atoms with Gasteiger partial charge in [0.15, 0.2) is 0 Å². The molecular weight excluding hydrogens is 168 g/mol. The molecule has 0 fully saturated rings. The summed E-state index contributed by atoms with van der Waals surface area (Å²) in [6.07, 6.45) is 0.166. The maximum Gasteiger partial charge on any atom is 0.302 e. The van der Waals surface area contributed by atoms with Gasteiger partial charge >= 0.3 is 5.97 Å². The van der Waals surface area contributed by atoms with Gasteiger partial charge in [-0.25, -0.2) is 0 Å². The highest BCUT2D eigenvalue weighted by Gasteiger charge is 2.05. The Balaban J connectivity index is 0. The molecule has 0 aliphatic carbocycles. The van der Waals surface area contributed by atoms with Gasteiger partial charge in [-0.15, -0.1) is 0 Å². The van der Waals surface area contributed by atoms with Crippen LogP contribution >= 0.6 is 0 Å². The third-order valence-electron chi connectivity index (χ3n) is 1.03. The Kier molecular flexibility index (Phi) is 10.9. The fourth-order valence-electron chi connectivity index (χ4n) is 0.739. The lowest BCUT2D eigenvalue weighted by Crippen LogP contribution is -2.21. The predicted molar refractivity (Wildman–Crippen MR) is 53.7 cm³/mol. The van der Waals surface area contributed by atoms with Gasteiger partial charge in [0.25, 0.3) is 0 Å². The maximum atomic E-state index is 10.4. The minimum absolute atomic E-state index is 0.0149. The molecule has 0 N–H and O–H groups in total. The van der Waals surface area contributed by atoms with Gasteiger partial charge in [-0.3, -0.25) is 4.79 Å². The Morgan fingerprint density at radius 2 is 1.69 bits per heavy atom. The normalized spacial score (nSPS) is 11.6. The van der Waals surface area contributed by atoms with Crippen molar-refractivity contribution in [3.8, 4) is 0 Å². The van der Waals surface area contributed by atoms with Crippen LogP contribution in [0, 0.1) is 0 Å². The molecule has 0 saturated heterocycles. The van der Waals surface area contributed by atoms with Crippen LogP contribution in [0.15, 0.2) is 0 Å². The Morgan fingerprint density at radius 1 is 1.23 bits per heavy atom. The molecule has 0 amide bonds. The minimum Gasteiger partial charge on any atom is -0.463 e. The van der Waals surface area contributed by atoms with Crippen LogP contribution < -0.4 is 0 Å². The van der Waals surface area contributed by atoms with Crippen molar-refractivity contribution < 1.29 is 14.3 Å². The van der Waals surface area contributed by atoms with Crippen LogP contribution in [0.25, 0.3) is 0 Å². The number of rotatable bonds is 4. The van der Waals surface area contributed by atoms with Crippen molar-refractivity contribution in [2.75, 3.05) is 6.61 Å². The van der Waals surface area contributed by atoms with Gasteiger partial charge in [0.2, 0.25) is 0 Å². The summed E-state index contributed by atoms with van der Waals surface area (Å²) in [6.45, 7) is 11.5. The molecule has 0 radical (unpaired) electrons. The van der Waals surface area contributed by atoms with E-state index in [9.17, 15) is 4.79 Å². The second-order valence-corrected chi connectivity index (χ2v) is 2.80. The molecule has 1 unspecified atom stereocenters. The molecule has 1 atom stereocenters. The summed E-state index contributed by atoms with van der Waals surface area (Å²) in [4.78, 5) is 10.4. The van der Waals surface area contributed by atoms with Crippen LogP contribution in [0.4, 0.5) is 0 Å². The van der Waals surface area contributed by atoms with Crippen LogP contribution in [0.3, 0.4) is 0 Å². The summed E-state index contributed by atoms with van der Waals surface area (Å²) in [7, 11) is 0. The lowest BCUT2D eigenvalue weighted by Gasteiger charge is -2.15. The zero-order chi connectivity index (χ0) is 10.9. The van der Waals surface area contributed by atoms with E-state index in [0.29, 0.717) is 6.61 Å². The van der Waals surface area contributed by atoms with Crippen LogP contribution in [0.2, 0.25) is 0 Å². The van der Waals surface area contributed by atoms with Crippen molar-refractivity contribution in [1.82, 2.24) is 0 Å². The molecule has 0 saturated carbocycles. The second kappa shape index (κ2) is 9.52. The summed E-state index contributed by atoms with van der Waals surface area (Å²) in [6, 6.07) is 0. The van der Waals surface area contributed by atoms with Gasteiger partial charge in [0.1, 0.15) is 6.61 Å². The Morgan fingerprint density at radius 3 is 2.00 bits per heavy atom. The van der Waals surface area contributed by atoms with Gasteiger partial charge in [-0.05, 0) is 20.8 Å². The lowest BCUT2D eigenvalue weighted by molar-refractivity contribution is -0.145. The van der Waals surface area contributed by atoms with Gasteiger partial charge in [0, 0.05) is 6.92 Å². The van der Waals surface area contributed by atoms with E-state index in [1.54, 1.807) is 0 Å². The average molecular weight is 190 g/mol. The monoisotopic (exact) mass is 190 g/mol. The topological polar surface area (TPSA) is 35.5 Å². The molecular formula is C10H22O3. The Hall–Kier alpha value is -0.570. The summed E-state index contributed by atoms with van der Waals surface area (Å²) in [5, 5.41) is 0. The highest BCUT2D eigenvalue weighted by molar-refractivity contribution is 5.65. The lowest BCUT2D eigenvalue weighted by atomic mass is 10.4. The molecule has 13 heavy (non-hydrogen) atoms. The summed E-state index contributed by atoms with van der Waals surface area (Å²) < 4.78 is 10.1. The highest BCUT2D eigenvalue weighted by Crippen LogP contribution is 1.97. The highest BCUT2D eigenvalue weighted by atomic mass is 16.6. The molecule has 0 heterocycles. The van der Waals surface area contributed by atoms with Gasteiger partial charge in [0.05, 0.1) is 12.2 Å². The number of carbonyl (C=O) groups is 1. The van der Waals surface area contributed by atoms with E-state index >= 15 is 0 Å². The second-order valence-electron chi connectivity index (χ2n) is 2.80. The van der Waals surface area contributed by atoms with E-state index in [2.05, 4.69) is 0 Å². The SMILES string of the molecule is CC.CC(=O)OCC(C)OC(C)C. The van der Waals surface area contributed by atoms with Crippen molar-refractivity contribution >= 4 is 5.97 Å². The molecule has 0 aromatic heterocycles. The van der Waals surface area contributed by atoms with E-state index in [1.807, 2.05) is 34.6 Å². The van der Waals surface area contributed by atoms with Crippen molar-refractivity contribution in [2.24, 2.45) is 0 Å². The average Bonchev–Trinajstić information content (AvgIpc) is 2.03. The van der Waals surface area contributed by atoms with Gasteiger partial charge < -0.3 is 9.47 Å². The zero-order valence-electron chi connectivity index (χ0n) is 9.59. The van der Waals surface area contributed by atoms with Crippen LogP contribution in [0.5, 0.6) is 0 Å². The third kappa shape index (κ3) is 14.3. The van der Waals surface area contributed by atoms with E-state index in [0.717, 1.165) is 0 Å². The molecule has 0 spiro atoms. The van der Waals surface area contributed by atoms with Crippen molar-refractivity contribution in [1.29, 1.82) is 0 Å². The molecule has 3 nitrogen and oxygen atoms in total. The largest absolute Gasteiger partial charge is 0.463 e. The van der Waals surface area contributed by atoms with Gasteiger partial charge in [-0.2, -0.15) is 0 Å². The van der Waals surface area contributed by atoms with E-state index < -0.39 is 0 Å². The standard InChI is InChI=1S/C8H16O3.C2H6/c1-6(2)11-7(3)5-10-8(4)9;1-2/h6-7H,5H2,1-4H3;1-2H3. The van der Waals surface area contributed by atoms with E-state index in [4.69, 9.17) is 9.47 Å². The Bertz CT molecular complexity index is 121. The maximum absolute atomic E-state index is 10.4. The molecule has 3 heteroatoms. The number of carbonyl (C=O) groups excluding carboxylic acids is 1. The molecule has 0 aromatic carbocycles. The van der Waals surface area contributed by atoms with Crippen LogP contribution in [0.1, 0.15) is 41.5 Å². The third-order valence-corrected chi connectivity index (χ3v) is 1.03. The van der Waals surface area contributed by atoms with Gasteiger partial charge in [-0.1, -0.05) is 13.8 Å². The van der Waals surface area contributed by atoms with E-state index in [1.165, 1.54) is 6.92 Å². The number of hydrogen-bond acceptors (Lipinski definition) is 3. The van der Waals surface area contributed by atoms with Crippen LogP contribution in [-0.4, -0.2) is 24.8 Å². The van der Waals surface area contributed by atoms with Crippen molar-refractivity contribution in [2.45, 2.75) is 53.8 Å². The quantitative estimate of drug-likeness (QED) is 0.638. The minimum atomic E-state index is -0.260. The van der Waals surface area contributed by atoms with Crippen LogP contribution in [-0.2, 0) is 14.3 Å². The Labute approximate surface area is 81.4 Å². The smallest absolute Gasteiger partial charge is 0.302 e. The van der Waals surface area contributed by atoms with E-state index in [-0.39, 0.29) is 18.2 Å². The molecule has 0 aromatic rings. The number of ether oxygens (including phenoxy) is 2. The number of hydrogen-bond donors (Lipinski definition) is 0. The molecule has 0 aliphatic rings. The van der Waals surface area contributed by atoms with Crippen molar-refractivity contribution in [3.05, 3.63) is 0 Å². The zero-order valence-corrected chi connectivity index (χ0v) is 9.59. The predicted octanol–water partition coefficient (Wildman–Crippen LogP) is 2.39. The first-order valence-electron chi connectivity index (χ1n) is 4.81. The number of esters is 1. The first-order valence-corrected chi connectivity index (χ1v) is 4.81. The molecule has 0 rings (SSSR count). The molecule has 0 aliphatic heterocycles. The summed E-state index contributed by atoms with van der Waals surface area (Å²) in [5.74, 6) is -0.260. The summed E-state index contributed by atoms with van der Waals surface area (Å²) in [5.41, 5.74) is 0. The fourth-order valence-corrected chi connectivity index (χ4v) is 0.739.